The number of aryl methyl sites for hydroxylation is 1. The van der Waals surface area contributed by atoms with Gasteiger partial charge in [-0.3, -0.25) is 4.79 Å². The molecule has 140 valence electrons. The Hall–Kier alpha value is -2.35. The molecule has 1 aromatic heterocycles. The Kier molecular flexibility index (Phi) is 5.04. The molecule has 5 nitrogen and oxygen atoms in total. The number of carbonyl (C=O) groups excluding carboxylic acids is 1. The van der Waals surface area contributed by atoms with E-state index in [0.29, 0.717) is 31.8 Å². The van der Waals surface area contributed by atoms with Crippen molar-refractivity contribution >= 4 is 5.91 Å². The molecule has 1 atom stereocenters. The van der Waals surface area contributed by atoms with E-state index >= 15 is 0 Å². The van der Waals surface area contributed by atoms with E-state index in [0.717, 1.165) is 6.07 Å². The average Bonchev–Trinajstić information content (AvgIpc) is 3.06. The Morgan fingerprint density at radius 2 is 1.92 bits per heavy atom. The lowest BCUT2D eigenvalue weighted by molar-refractivity contribution is -0.138. The summed E-state index contributed by atoms with van der Waals surface area (Å²) in [7, 11) is 1.79. The molecule has 0 aliphatic carbocycles. The van der Waals surface area contributed by atoms with Gasteiger partial charge in [-0.05, 0) is 30.9 Å². The summed E-state index contributed by atoms with van der Waals surface area (Å²) in [6, 6.07) is 4.83. The van der Waals surface area contributed by atoms with Gasteiger partial charge in [0.05, 0.1) is 11.1 Å². The van der Waals surface area contributed by atoms with Gasteiger partial charge in [0.2, 0.25) is 0 Å². The fourth-order valence-corrected chi connectivity index (χ4v) is 3.38. The number of halogens is 3. The summed E-state index contributed by atoms with van der Waals surface area (Å²) in [6.07, 6.45) is -0.966. The van der Waals surface area contributed by atoms with Crippen molar-refractivity contribution in [3.05, 3.63) is 53.6 Å². The Bertz CT molecular complexity index is 780. The van der Waals surface area contributed by atoms with Crippen LogP contribution in [-0.2, 0) is 13.2 Å². The molecule has 2 heterocycles. The van der Waals surface area contributed by atoms with Crippen LogP contribution in [0.5, 0.6) is 0 Å². The number of rotatable bonds is 3. The van der Waals surface area contributed by atoms with Crippen molar-refractivity contribution in [1.82, 2.24) is 14.5 Å². The van der Waals surface area contributed by atoms with Crippen LogP contribution in [0.4, 0.5) is 13.2 Å². The van der Waals surface area contributed by atoms with Gasteiger partial charge < -0.3 is 14.6 Å². The quantitative estimate of drug-likeness (QED) is 0.907. The topological polar surface area (TPSA) is 58.4 Å². The fraction of sp³-hybridized carbons (Fsp3) is 0.444. The maximum atomic E-state index is 13.1. The van der Waals surface area contributed by atoms with E-state index in [1.165, 1.54) is 23.1 Å². The Balaban J connectivity index is 1.69. The zero-order chi connectivity index (χ0) is 18.9. The van der Waals surface area contributed by atoms with Crippen molar-refractivity contribution in [3.8, 4) is 0 Å². The van der Waals surface area contributed by atoms with Crippen LogP contribution >= 0.6 is 0 Å². The molecule has 0 radical (unpaired) electrons. The maximum Gasteiger partial charge on any atom is 0.417 e. The molecule has 1 fully saturated rings. The summed E-state index contributed by atoms with van der Waals surface area (Å²) >= 11 is 0. The molecule has 1 saturated heterocycles. The summed E-state index contributed by atoms with van der Waals surface area (Å²) < 4.78 is 41.1. The van der Waals surface area contributed by atoms with Gasteiger partial charge in [0.1, 0.15) is 11.9 Å². The van der Waals surface area contributed by atoms with E-state index in [9.17, 15) is 23.1 Å². The highest BCUT2D eigenvalue weighted by atomic mass is 19.4. The van der Waals surface area contributed by atoms with Crippen LogP contribution < -0.4 is 0 Å². The van der Waals surface area contributed by atoms with Gasteiger partial charge >= 0.3 is 6.18 Å². The number of hydrogen-bond acceptors (Lipinski definition) is 3. The second-order valence-corrected chi connectivity index (χ2v) is 6.51. The first-order valence-electron chi connectivity index (χ1n) is 8.40. The number of aliphatic hydroxyl groups is 1. The lowest BCUT2D eigenvalue weighted by Crippen LogP contribution is -2.40. The van der Waals surface area contributed by atoms with Gasteiger partial charge in [-0.15, -0.1) is 0 Å². The average molecular weight is 367 g/mol. The Morgan fingerprint density at radius 3 is 2.50 bits per heavy atom. The number of alkyl halides is 3. The number of hydrogen-bond donors (Lipinski definition) is 1. The van der Waals surface area contributed by atoms with E-state index in [4.69, 9.17) is 0 Å². The zero-order valence-electron chi connectivity index (χ0n) is 14.3. The van der Waals surface area contributed by atoms with Crippen LogP contribution in [-0.4, -0.2) is 38.6 Å². The minimum Gasteiger partial charge on any atom is -0.385 e. The normalized spacial score (nSPS) is 17.3. The minimum atomic E-state index is -4.57. The van der Waals surface area contributed by atoms with Crippen LogP contribution in [0.3, 0.4) is 0 Å². The van der Waals surface area contributed by atoms with Gasteiger partial charge in [-0.25, -0.2) is 4.98 Å². The van der Waals surface area contributed by atoms with Crippen molar-refractivity contribution in [2.45, 2.75) is 25.1 Å². The van der Waals surface area contributed by atoms with Crippen molar-refractivity contribution in [3.63, 3.8) is 0 Å². The predicted octanol–water partition coefficient (Wildman–Crippen LogP) is 3.02. The number of carbonyl (C=O) groups is 1. The standard InChI is InChI=1S/C18H20F3N3O2/c1-23-11-8-22-16(23)15(25)12-6-9-24(10-7-12)17(26)13-4-2-3-5-14(13)18(19,20)21/h2-5,8,11-12,15,25H,6-7,9-10H2,1H3. The number of aliphatic hydroxyl groups excluding tert-OH is 1. The smallest absolute Gasteiger partial charge is 0.385 e. The molecule has 1 aromatic carbocycles. The fourth-order valence-electron chi connectivity index (χ4n) is 3.38. The first-order valence-corrected chi connectivity index (χ1v) is 8.40. The molecule has 1 aliphatic rings. The molecular formula is C18H20F3N3O2. The van der Waals surface area contributed by atoms with Crippen LogP contribution in [0.1, 0.15) is 40.7 Å². The van der Waals surface area contributed by atoms with Gasteiger partial charge in [0, 0.05) is 32.5 Å². The van der Waals surface area contributed by atoms with E-state index in [-0.39, 0.29) is 11.5 Å². The molecule has 26 heavy (non-hydrogen) atoms. The zero-order valence-corrected chi connectivity index (χ0v) is 14.3. The van der Waals surface area contributed by atoms with E-state index in [2.05, 4.69) is 4.98 Å². The van der Waals surface area contributed by atoms with Crippen LogP contribution in [0.2, 0.25) is 0 Å². The molecule has 1 N–H and O–H groups in total. The number of likely N-dealkylation sites (tertiary alicyclic amines) is 1. The van der Waals surface area contributed by atoms with E-state index in [1.54, 1.807) is 24.0 Å². The summed E-state index contributed by atoms with van der Waals surface area (Å²) in [6.45, 7) is 0.606. The molecular weight excluding hydrogens is 347 g/mol. The number of imidazole rings is 1. The highest BCUT2D eigenvalue weighted by molar-refractivity contribution is 5.96. The largest absolute Gasteiger partial charge is 0.417 e. The number of nitrogens with zero attached hydrogens (tertiary/aromatic N) is 3. The summed E-state index contributed by atoms with van der Waals surface area (Å²) in [5.74, 6) is -0.155. The monoisotopic (exact) mass is 367 g/mol. The van der Waals surface area contributed by atoms with Crippen molar-refractivity contribution in [2.75, 3.05) is 13.1 Å². The van der Waals surface area contributed by atoms with Gasteiger partial charge in [-0.2, -0.15) is 13.2 Å². The number of piperidine rings is 1. The van der Waals surface area contributed by atoms with Gasteiger partial charge in [0.15, 0.2) is 0 Å². The minimum absolute atomic E-state index is 0.0852. The summed E-state index contributed by atoms with van der Waals surface area (Å²) in [4.78, 5) is 18.1. The highest BCUT2D eigenvalue weighted by Gasteiger charge is 2.37. The lowest BCUT2D eigenvalue weighted by atomic mass is 9.90. The van der Waals surface area contributed by atoms with Crippen LogP contribution in [0.25, 0.3) is 0 Å². The van der Waals surface area contributed by atoms with Crippen LogP contribution in [0.15, 0.2) is 36.7 Å². The second-order valence-electron chi connectivity index (χ2n) is 6.51. The Labute approximate surface area is 149 Å². The maximum absolute atomic E-state index is 13.1. The molecule has 0 saturated carbocycles. The number of benzene rings is 1. The third-order valence-corrected chi connectivity index (χ3v) is 4.86. The SMILES string of the molecule is Cn1ccnc1C(O)C1CCN(C(=O)c2ccccc2C(F)(F)F)CC1. The lowest BCUT2D eigenvalue weighted by Gasteiger charge is -2.34. The van der Waals surface area contributed by atoms with Crippen molar-refractivity contribution < 1.29 is 23.1 Å². The molecule has 8 heteroatoms. The summed E-state index contributed by atoms with van der Waals surface area (Å²) in [5, 5.41) is 10.5. The molecule has 1 amide bonds. The summed E-state index contributed by atoms with van der Waals surface area (Å²) in [5.41, 5.74) is -1.25. The molecule has 1 unspecified atom stereocenters. The molecule has 0 spiro atoms. The first kappa shape index (κ1) is 18.4. The number of aromatic nitrogens is 2. The molecule has 0 bridgehead atoms. The van der Waals surface area contributed by atoms with E-state index in [1.807, 2.05) is 0 Å². The van der Waals surface area contributed by atoms with E-state index < -0.39 is 23.8 Å². The predicted molar refractivity (Wildman–Crippen MR) is 88.2 cm³/mol. The van der Waals surface area contributed by atoms with Crippen molar-refractivity contribution in [2.24, 2.45) is 13.0 Å². The van der Waals surface area contributed by atoms with Gasteiger partial charge in [-0.1, -0.05) is 12.1 Å². The molecule has 2 aromatic rings. The van der Waals surface area contributed by atoms with Gasteiger partial charge in [0.25, 0.3) is 5.91 Å². The first-order chi connectivity index (χ1) is 12.3. The highest BCUT2D eigenvalue weighted by Crippen LogP contribution is 2.34. The number of amides is 1. The van der Waals surface area contributed by atoms with Crippen molar-refractivity contribution in [1.29, 1.82) is 0 Å². The van der Waals surface area contributed by atoms with Crippen LogP contribution in [0, 0.1) is 5.92 Å². The molecule has 3 rings (SSSR count). The second kappa shape index (κ2) is 7.11. The third kappa shape index (κ3) is 3.60. The molecule has 1 aliphatic heterocycles. The third-order valence-electron chi connectivity index (χ3n) is 4.86. The Morgan fingerprint density at radius 1 is 1.27 bits per heavy atom.